The Hall–Kier alpha value is -2.55. The molecule has 1 aromatic carbocycles. The summed E-state index contributed by atoms with van der Waals surface area (Å²) in [5.74, 6) is -0.910. The summed E-state index contributed by atoms with van der Waals surface area (Å²) in [7, 11) is 0. The average Bonchev–Trinajstić information content (AvgIpc) is 3.23. The predicted molar refractivity (Wildman–Crippen MR) is 76.8 cm³/mol. The third-order valence-corrected chi connectivity index (χ3v) is 3.25. The molecule has 1 aromatic rings. The first-order chi connectivity index (χ1) is 10.1. The lowest BCUT2D eigenvalue weighted by Gasteiger charge is -2.21. The van der Waals surface area contributed by atoms with Crippen LogP contribution in [-0.2, 0) is 11.2 Å². The largest absolute Gasteiger partial charge is 0.481 e. The van der Waals surface area contributed by atoms with Gasteiger partial charge in [-0.15, -0.1) is 0 Å². The van der Waals surface area contributed by atoms with E-state index in [1.807, 2.05) is 6.07 Å². The van der Waals surface area contributed by atoms with E-state index in [4.69, 9.17) is 10.4 Å². The van der Waals surface area contributed by atoms with Crippen molar-refractivity contribution in [2.45, 2.75) is 31.7 Å². The maximum Gasteiger partial charge on any atom is 0.322 e. The van der Waals surface area contributed by atoms with Gasteiger partial charge >= 0.3 is 12.0 Å². The molecule has 0 spiro atoms. The van der Waals surface area contributed by atoms with Crippen LogP contribution in [0.5, 0.6) is 0 Å². The molecule has 0 aliphatic heterocycles. The number of hydrogen-bond donors (Lipinski definition) is 2. The fourth-order valence-corrected chi connectivity index (χ4v) is 2.14. The van der Waals surface area contributed by atoms with Crippen LogP contribution in [-0.4, -0.2) is 34.6 Å². The number of carboxylic acids is 1. The van der Waals surface area contributed by atoms with Crippen LogP contribution >= 0.6 is 0 Å². The van der Waals surface area contributed by atoms with E-state index < -0.39 is 5.97 Å². The van der Waals surface area contributed by atoms with Crippen LogP contribution in [0.25, 0.3) is 0 Å². The Balaban J connectivity index is 2.00. The quantitative estimate of drug-likeness (QED) is 0.839. The van der Waals surface area contributed by atoms with E-state index in [-0.39, 0.29) is 18.5 Å². The molecular formula is C15H17N3O3. The van der Waals surface area contributed by atoms with Crippen molar-refractivity contribution in [3.63, 3.8) is 0 Å². The first-order valence-electron chi connectivity index (χ1n) is 6.85. The normalized spacial score (nSPS) is 13.3. The van der Waals surface area contributed by atoms with Crippen LogP contribution in [0.1, 0.15) is 24.8 Å². The topological polar surface area (TPSA) is 93.4 Å². The monoisotopic (exact) mass is 287 g/mol. The molecule has 1 aliphatic carbocycles. The zero-order valence-corrected chi connectivity index (χ0v) is 11.6. The molecule has 1 saturated carbocycles. The Morgan fingerprint density at radius 1 is 1.43 bits per heavy atom. The van der Waals surface area contributed by atoms with Gasteiger partial charge in [0.25, 0.3) is 0 Å². The number of hydrogen-bond acceptors (Lipinski definition) is 3. The van der Waals surface area contributed by atoms with Crippen LogP contribution in [0.15, 0.2) is 24.3 Å². The molecule has 0 heterocycles. The number of aliphatic carboxylic acids is 1. The minimum Gasteiger partial charge on any atom is -0.481 e. The fourth-order valence-electron chi connectivity index (χ4n) is 2.14. The Kier molecular flexibility index (Phi) is 4.77. The maximum absolute atomic E-state index is 12.2. The maximum atomic E-state index is 12.2. The Bertz CT molecular complexity index is 576. The van der Waals surface area contributed by atoms with Gasteiger partial charge in [0.2, 0.25) is 0 Å². The number of anilines is 1. The van der Waals surface area contributed by atoms with Gasteiger partial charge in [-0.1, -0.05) is 12.1 Å². The molecule has 0 unspecified atom stereocenters. The van der Waals surface area contributed by atoms with Crippen molar-refractivity contribution in [2.75, 3.05) is 11.9 Å². The third kappa shape index (κ3) is 4.49. The second kappa shape index (κ2) is 6.75. The molecule has 0 bridgehead atoms. The Morgan fingerprint density at radius 3 is 2.81 bits per heavy atom. The van der Waals surface area contributed by atoms with E-state index >= 15 is 0 Å². The van der Waals surface area contributed by atoms with Crippen molar-refractivity contribution >= 4 is 17.7 Å². The highest BCUT2D eigenvalue weighted by Crippen LogP contribution is 2.27. The van der Waals surface area contributed by atoms with Crippen LogP contribution in [0.3, 0.4) is 0 Å². The highest BCUT2D eigenvalue weighted by atomic mass is 16.4. The smallest absolute Gasteiger partial charge is 0.322 e. The van der Waals surface area contributed by atoms with E-state index in [0.717, 1.165) is 12.8 Å². The van der Waals surface area contributed by atoms with Crippen molar-refractivity contribution in [1.29, 1.82) is 5.26 Å². The van der Waals surface area contributed by atoms with Gasteiger partial charge < -0.3 is 15.3 Å². The summed E-state index contributed by atoms with van der Waals surface area (Å²) in [5, 5.41) is 20.2. The number of urea groups is 1. The molecule has 0 aromatic heterocycles. The van der Waals surface area contributed by atoms with Crippen molar-refractivity contribution in [1.82, 2.24) is 4.90 Å². The van der Waals surface area contributed by atoms with Crippen LogP contribution in [0.2, 0.25) is 0 Å². The Morgan fingerprint density at radius 2 is 2.19 bits per heavy atom. The number of nitrogens with zero attached hydrogens (tertiary/aromatic N) is 2. The summed E-state index contributed by atoms with van der Waals surface area (Å²) in [4.78, 5) is 24.6. The average molecular weight is 287 g/mol. The number of nitrogens with one attached hydrogen (secondary N) is 1. The van der Waals surface area contributed by atoms with E-state index in [9.17, 15) is 9.59 Å². The highest BCUT2D eigenvalue weighted by molar-refractivity contribution is 5.90. The second-order valence-electron chi connectivity index (χ2n) is 5.03. The lowest BCUT2D eigenvalue weighted by Crippen LogP contribution is -2.37. The lowest BCUT2D eigenvalue weighted by atomic mass is 10.1. The number of carboxylic acid groups (broad SMARTS) is 1. The Labute approximate surface area is 123 Å². The molecular weight excluding hydrogens is 270 g/mol. The number of amides is 2. The minimum atomic E-state index is -0.910. The van der Waals surface area contributed by atoms with Crippen LogP contribution in [0.4, 0.5) is 10.5 Å². The second-order valence-corrected chi connectivity index (χ2v) is 5.03. The molecule has 6 nitrogen and oxygen atoms in total. The number of nitriles is 1. The molecule has 2 rings (SSSR count). The number of benzene rings is 1. The summed E-state index contributed by atoms with van der Waals surface area (Å²) in [6.07, 6.45) is 2.17. The lowest BCUT2D eigenvalue weighted by molar-refractivity contribution is -0.136. The van der Waals surface area contributed by atoms with Gasteiger partial charge in [0, 0.05) is 18.3 Å². The van der Waals surface area contributed by atoms with Crippen molar-refractivity contribution in [3.8, 4) is 6.07 Å². The predicted octanol–water partition coefficient (Wildman–Crippen LogP) is 2.22. The van der Waals surface area contributed by atoms with Crippen LogP contribution < -0.4 is 5.32 Å². The molecule has 110 valence electrons. The molecule has 21 heavy (non-hydrogen) atoms. The molecule has 1 fully saturated rings. The number of carbonyl (C=O) groups excluding carboxylic acids is 1. The van der Waals surface area contributed by atoms with Crippen molar-refractivity contribution < 1.29 is 14.7 Å². The van der Waals surface area contributed by atoms with Gasteiger partial charge in [-0.2, -0.15) is 5.26 Å². The SMILES string of the molecule is N#CCCN(C(=O)Nc1cccc(CC(=O)O)c1)C1CC1. The van der Waals surface area contributed by atoms with Gasteiger partial charge in [0.1, 0.15) is 0 Å². The molecule has 6 heteroatoms. The van der Waals surface area contributed by atoms with Gasteiger partial charge in [-0.25, -0.2) is 4.79 Å². The van der Waals surface area contributed by atoms with E-state index in [0.29, 0.717) is 24.2 Å². The van der Waals surface area contributed by atoms with E-state index in [1.54, 1.807) is 29.2 Å². The minimum absolute atomic E-state index is 0.0789. The number of rotatable bonds is 6. The highest BCUT2D eigenvalue weighted by Gasteiger charge is 2.32. The van der Waals surface area contributed by atoms with E-state index in [1.165, 1.54) is 0 Å². The van der Waals surface area contributed by atoms with Crippen molar-refractivity contribution in [3.05, 3.63) is 29.8 Å². The molecule has 2 amide bonds. The summed E-state index contributed by atoms with van der Waals surface area (Å²) >= 11 is 0. The third-order valence-electron chi connectivity index (χ3n) is 3.25. The first-order valence-corrected chi connectivity index (χ1v) is 6.85. The standard InChI is InChI=1S/C15H17N3O3/c16-7-2-8-18(13-5-6-13)15(21)17-12-4-1-3-11(9-12)10-14(19)20/h1,3-4,9,13H,2,5-6,8,10H2,(H,17,21)(H,19,20). The van der Waals surface area contributed by atoms with Gasteiger partial charge in [-0.05, 0) is 30.5 Å². The summed E-state index contributed by atoms with van der Waals surface area (Å²) < 4.78 is 0. The molecule has 0 radical (unpaired) electrons. The summed E-state index contributed by atoms with van der Waals surface area (Å²) in [6, 6.07) is 8.82. The van der Waals surface area contributed by atoms with Gasteiger partial charge in [-0.3, -0.25) is 4.79 Å². The van der Waals surface area contributed by atoms with Gasteiger partial charge in [0.15, 0.2) is 0 Å². The van der Waals surface area contributed by atoms with E-state index in [2.05, 4.69) is 5.32 Å². The van der Waals surface area contributed by atoms with Gasteiger partial charge in [0.05, 0.1) is 18.9 Å². The molecule has 0 saturated heterocycles. The molecule has 0 atom stereocenters. The zero-order valence-electron chi connectivity index (χ0n) is 11.6. The summed E-state index contributed by atoms with van der Waals surface area (Å²) in [5.41, 5.74) is 1.21. The van der Waals surface area contributed by atoms with Crippen LogP contribution in [0, 0.1) is 11.3 Å². The van der Waals surface area contributed by atoms with Crippen molar-refractivity contribution in [2.24, 2.45) is 0 Å². The fraction of sp³-hybridized carbons (Fsp3) is 0.400. The first kappa shape index (κ1) is 14.9. The zero-order chi connectivity index (χ0) is 15.2. The molecule has 1 aliphatic rings. The molecule has 2 N–H and O–H groups in total. The number of carbonyl (C=O) groups is 2. The summed E-state index contributed by atoms with van der Waals surface area (Å²) in [6.45, 7) is 0.418.